The maximum atomic E-state index is 5.18. The fourth-order valence-corrected chi connectivity index (χ4v) is 6.37. The first-order chi connectivity index (χ1) is 22.9. The van der Waals surface area contributed by atoms with Crippen LogP contribution in [-0.4, -0.2) is 77.7 Å². The van der Waals surface area contributed by atoms with Crippen LogP contribution in [0.3, 0.4) is 0 Å². The van der Waals surface area contributed by atoms with E-state index in [0.29, 0.717) is 12.1 Å². The number of hydrogen-bond donors (Lipinski definition) is 2. The highest BCUT2D eigenvalue weighted by Gasteiger charge is 2.16. The second kappa shape index (κ2) is 16.8. The second-order valence-electron chi connectivity index (χ2n) is 13.0. The molecule has 2 atom stereocenters. The molecule has 0 amide bonds. The fraction of sp³-hybridized carbons (Fsp3) is 0.400. The van der Waals surface area contributed by atoms with Crippen molar-refractivity contribution in [1.29, 1.82) is 0 Å². The smallest absolute Gasteiger partial charge is 0.162 e. The lowest BCUT2D eigenvalue weighted by Gasteiger charge is -2.22. The van der Waals surface area contributed by atoms with Crippen LogP contribution in [0.5, 0.6) is 0 Å². The maximum Gasteiger partial charge on any atom is 0.162 e. The minimum absolute atomic E-state index is 0.612. The predicted molar refractivity (Wildman–Crippen MR) is 198 cm³/mol. The van der Waals surface area contributed by atoms with Gasteiger partial charge in [0.05, 0.1) is 5.69 Å². The monoisotopic (exact) mass is 631 g/mol. The molecule has 2 N–H and O–H groups in total. The minimum atomic E-state index is 0.612. The van der Waals surface area contributed by atoms with Crippen molar-refractivity contribution in [2.45, 2.75) is 64.7 Å². The molecule has 0 fully saturated rings. The van der Waals surface area contributed by atoms with Gasteiger partial charge in [-0.1, -0.05) is 80.6 Å². The van der Waals surface area contributed by atoms with Crippen molar-refractivity contribution in [3.63, 3.8) is 0 Å². The lowest BCUT2D eigenvalue weighted by molar-refractivity contribution is 0.269. The Balaban J connectivity index is 1.36. The Hall–Kier alpha value is -3.88. The van der Waals surface area contributed by atoms with E-state index >= 15 is 0 Å². The standard InChI is InChI=1S/C40H53N7/c1-7-34(45(3)4)22-25-41-28-30-14-18-32(19-15-30)38-37-24-27-47(36-12-10-9-11-13-36)40(37)44-39(43-38)33-20-16-31(17-21-33)29-42-26-23-35(8-2)46(5)6/h9-21,24,27,34-35,41-42H,7-8,22-23,25-26,28-29H2,1-6H3. The first-order valence-electron chi connectivity index (χ1n) is 17.2. The molecule has 5 aromatic rings. The van der Waals surface area contributed by atoms with E-state index < -0.39 is 0 Å². The minimum Gasteiger partial charge on any atom is -0.313 e. The number of nitrogens with one attached hydrogen (secondary N) is 2. The Bertz CT molecular complexity index is 1660. The third kappa shape index (κ3) is 8.93. The summed E-state index contributed by atoms with van der Waals surface area (Å²) < 4.78 is 2.16. The molecule has 2 heterocycles. The van der Waals surface area contributed by atoms with Gasteiger partial charge in [-0.15, -0.1) is 0 Å². The van der Waals surface area contributed by atoms with Gasteiger partial charge >= 0.3 is 0 Å². The lowest BCUT2D eigenvalue weighted by atomic mass is 10.1. The molecule has 0 aliphatic rings. The first-order valence-corrected chi connectivity index (χ1v) is 17.2. The van der Waals surface area contributed by atoms with E-state index in [-0.39, 0.29) is 0 Å². The molecule has 5 rings (SSSR count). The van der Waals surface area contributed by atoms with Crippen molar-refractivity contribution in [2.24, 2.45) is 0 Å². The van der Waals surface area contributed by atoms with Gasteiger partial charge in [0.2, 0.25) is 0 Å². The summed E-state index contributed by atoms with van der Waals surface area (Å²) in [4.78, 5) is 15.0. The molecule has 0 saturated heterocycles. The summed E-state index contributed by atoms with van der Waals surface area (Å²) in [6.07, 6.45) is 6.73. The summed E-state index contributed by atoms with van der Waals surface area (Å²) in [7, 11) is 8.66. The largest absolute Gasteiger partial charge is 0.313 e. The van der Waals surface area contributed by atoms with Crippen molar-refractivity contribution in [1.82, 2.24) is 35.0 Å². The van der Waals surface area contributed by atoms with Crippen molar-refractivity contribution >= 4 is 11.0 Å². The Kier molecular flexibility index (Phi) is 12.3. The van der Waals surface area contributed by atoms with Gasteiger partial charge in [-0.25, -0.2) is 9.97 Å². The van der Waals surface area contributed by atoms with Gasteiger partial charge in [0, 0.05) is 53.6 Å². The van der Waals surface area contributed by atoms with Crippen molar-refractivity contribution in [2.75, 3.05) is 41.3 Å². The van der Waals surface area contributed by atoms with Gasteiger partial charge in [-0.2, -0.15) is 0 Å². The molecule has 0 aliphatic carbocycles. The molecule has 0 aliphatic heterocycles. The molecule has 0 radical (unpaired) electrons. The third-order valence-corrected chi connectivity index (χ3v) is 9.39. The number of rotatable bonds is 17. The van der Waals surface area contributed by atoms with Crippen LogP contribution in [0.1, 0.15) is 50.7 Å². The van der Waals surface area contributed by atoms with E-state index in [1.165, 1.54) is 24.0 Å². The number of para-hydroxylation sites is 1. The third-order valence-electron chi connectivity index (χ3n) is 9.39. The fourth-order valence-electron chi connectivity index (χ4n) is 6.37. The summed E-state index contributed by atoms with van der Waals surface area (Å²) >= 11 is 0. The van der Waals surface area contributed by atoms with Crippen molar-refractivity contribution in [3.05, 3.63) is 102 Å². The Morgan fingerprint density at radius 2 is 1.17 bits per heavy atom. The van der Waals surface area contributed by atoms with Crippen molar-refractivity contribution < 1.29 is 0 Å². The predicted octanol–water partition coefficient (Wildman–Crippen LogP) is 7.39. The average Bonchev–Trinajstić information content (AvgIpc) is 3.53. The highest BCUT2D eigenvalue weighted by Crippen LogP contribution is 2.31. The SMILES string of the molecule is CCC(CCNCc1ccc(-c2nc(-c3ccc(CNCCC(CC)N(C)C)cc3)c3ccn(-c4ccccc4)c3n2)cc1)N(C)C. The van der Waals surface area contributed by atoms with Crippen LogP contribution in [0.2, 0.25) is 0 Å². The van der Waals surface area contributed by atoms with Crippen molar-refractivity contribution in [3.8, 4) is 28.3 Å². The zero-order chi connectivity index (χ0) is 33.2. The van der Waals surface area contributed by atoms with E-state index in [9.17, 15) is 0 Å². The maximum absolute atomic E-state index is 5.18. The normalized spacial score (nSPS) is 13.1. The van der Waals surface area contributed by atoms with E-state index in [4.69, 9.17) is 9.97 Å². The van der Waals surface area contributed by atoms with Gasteiger partial charge < -0.3 is 25.0 Å². The molecular formula is C40H53N7. The average molecular weight is 632 g/mol. The molecule has 3 aromatic carbocycles. The Morgan fingerprint density at radius 3 is 1.68 bits per heavy atom. The quantitative estimate of drug-likeness (QED) is 0.104. The zero-order valence-corrected chi connectivity index (χ0v) is 29.2. The van der Waals surface area contributed by atoms with Gasteiger partial charge in [-0.05, 0) is 96.3 Å². The Morgan fingerprint density at radius 1 is 0.638 bits per heavy atom. The van der Waals surface area contributed by atoms with Crippen LogP contribution in [0.15, 0.2) is 91.1 Å². The molecule has 248 valence electrons. The van der Waals surface area contributed by atoms with Crippen LogP contribution in [-0.2, 0) is 13.1 Å². The van der Waals surface area contributed by atoms with Gasteiger partial charge in [0.25, 0.3) is 0 Å². The van der Waals surface area contributed by atoms with Gasteiger partial charge in [0.15, 0.2) is 5.82 Å². The number of aromatic nitrogens is 3. The van der Waals surface area contributed by atoms with E-state index in [2.05, 4.69) is 152 Å². The summed E-state index contributed by atoms with van der Waals surface area (Å²) in [5.41, 5.74) is 7.58. The van der Waals surface area contributed by atoms with Crippen LogP contribution in [0.25, 0.3) is 39.4 Å². The number of hydrogen-bond acceptors (Lipinski definition) is 6. The molecule has 0 spiro atoms. The molecule has 7 nitrogen and oxygen atoms in total. The van der Waals surface area contributed by atoms with Gasteiger partial charge in [-0.3, -0.25) is 0 Å². The number of fused-ring (bicyclic) bond motifs is 1. The lowest BCUT2D eigenvalue weighted by Crippen LogP contribution is -2.30. The highest BCUT2D eigenvalue weighted by atomic mass is 15.1. The summed E-state index contributed by atoms with van der Waals surface area (Å²) in [5.74, 6) is 0.733. The van der Waals surface area contributed by atoms with Gasteiger partial charge in [0.1, 0.15) is 5.65 Å². The highest BCUT2D eigenvalue weighted by molar-refractivity contribution is 5.93. The molecular weight excluding hydrogens is 578 g/mol. The molecule has 0 saturated carbocycles. The topological polar surface area (TPSA) is 61.3 Å². The summed E-state index contributed by atoms with van der Waals surface area (Å²) in [5, 5.41) is 8.30. The molecule has 2 aromatic heterocycles. The number of nitrogens with zero attached hydrogens (tertiary/aromatic N) is 5. The Labute approximate surface area is 282 Å². The van der Waals surface area contributed by atoms with Crippen LogP contribution in [0, 0.1) is 0 Å². The van der Waals surface area contributed by atoms with Crippen LogP contribution in [0.4, 0.5) is 0 Å². The number of benzene rings is 3. The molecule has 2 unspecified atom stereocenters. The van der Waals surface area contributed by atoms with E-state index in [0.717, 1.165) is 78.4 Å². The first kappa shape index (κ1) is 34.5. The second-order valence-corrected chi connectivity index (χ2v) is 13.0. The van der Waals surface area contributed by atoms with E-state index in [1.54, 1.807) is 0 Å². The summed E-state index contributed by atoms with van der Waals surface area (Å²) in [6, 6.07) is 31.3. The van der Waals surface area contributed by atoms with Crippen LogP contribution >= 0.6 is 0 Å². The summed E-state index contributed by atoms with van der Waals surface area (Å²) in [6.45, 7) is 8.23. The van der Waals surface area contributed by atoms with E-state index in [1.807, 2.05) is 6.07 Å². The molecule has 7 heteroatoms. The molecule has 47 heavy (non-hydrogen) atoms. The zero-order valence-electron chi connectivity index (χ0n) is 29.2. The van der Waals surface area contributed by atoms with Crippen LogP contribution < -0.4 is 10.6 Å². The molecule has 0 bridgehead atoms.